The van der Waals surface area contributed by atoms with E-state index in [1.165, 1.54) is 25.7 Å². The minimum atomic E-state index is -0.284. The second kappa shape index (κ2) is 12.8. The molecule has 0 aromatic carbocycles. The lowest BCUT2D eigenvalue weighted by Crippen LogP contribution is -2.49. The number of rotatable bonds is 9. The summed E-state index contributed by atoms with van der Waals surface area (Å²) < 4.78 is 0. The third kappa shape index (κ3) is 7.97. The maximum absolute atomic E-state index is 12.7. The van der Waals surface area contributed by atoms with E-state index in [4.69, 9.17) is 5.11 Å². The Kier molecular flexibility index (Phi) is 11.6. The highest BCUT2D eigenvalue weighted by Gasteiger charge is 2.34. The summed E-state index contributed by atoms with van der Waals surface area (Å²) in [5.74, 6) is 0.305. The van der Waals surface area contributed by atoms with E-state index in [1.54, 1.807) is 0 Å². The lowest BCUT2D eigenvalue weighted by molar-refractivity contribution is -0.143. The predicted octanol–water partition coefficient (Wildman–Crippen LogP) is 2.40. The summed E-state index contributed by atoms with van der Waals surface area (Å²) in [6, 6.07) is 0.601. The molecule has 6 heteroatoms. The van der Waals surface area contributed by atoms with Gasteiger partial charge in [-0.2, -0.15) is 0 Å². The van der Waals surface area contributed by atoms with Gasteiger partial charge in [-0.3, -0.25) is 9.69 Å². The highest BCUT2D eigenvalue weighted by molar-refractivity contribution is 5.81. The topological polar surface area (TPSA) is 84.2 Å². The second-order valence-corrected chi connectivity index (χ2v) is 9.30. The van der Waals surface area contributed by atoms with Crippen LogP contribution in [0.2, 0.25) is 0 Å². The molecule has 0 aromatic heterocycles. The van der Waals surface area contributed by atoms with Gasteiger partial charge in [0.2, 0.25) is 5.91 Å². The number of amides is 1. The van der Waals surface area contributed by atoms with Crippen molar-refractivity contribution in [2.45, 2.75) is 96.7 Å². The number of carbonyl (C=O) groups is 1. The molecule has 3 N–H and O–H groups in total. The number of likely N-dealkylation sites (tertiary alicyclic amines) is 1. The molecular formula is C22H44N2O4. The fourth-order valence-electron chi connectivity index (χ4n) is 4.09. The average molecular weight is 401 g/mol. The molecule has 1 amide bonds. The Morgan fingerprint density at radius 1 is 1.07 bits per heavy atom. The molecule has 1 aliphatic heterocycles. The van der Waals surface area contributed by atoms with Crippen LogP contribution >= 0.6 is 0 Å². The number of carbonyl (C=O) groups excluding carboxylic acids is 1. The first kappa shape index (κ1) is 25.3. The maximum atomic E-state index is 12.7. The maximum Gasteiger partial charge on any atom is 0.228 e. The van der Waals surface area contributed by atoms with Crippen molar-refractivity contribution in [1.82, 2.24) is 9.80 Å². The first-order chi connectivity index (χ1) is 13.3. The smallest absolute Gasteiger partial charge is 0.228 e. The van der Waals surface area contributed by atoms with Crippen molar-refractivity contribution in [2.24, 2.45) is 5.41 Å². The highest BCUT2D eigenvalue weighted by Crippen LogP contribution is 2.29. The molecule has 0 radical (unpaired) electrons. The van der Waals surface area contributed by atoms with E-state index >= 15 is 0 Å². The third-order valence-electron chi connectivity index (χ3n) is 6.03. The van der Waals surface area contributed by atoms with Crippen LogP contribution < -0.4 is 0 Å². The molecule has 2 aliphatic rings. The molecule has 28 heavy (non-hydrogen) atoms. The van der Waals surface area contributed by atoms with E-state index in [0.717, 1.165) is 52.4 Å². The van der Waals surface area contributed by atoms with Gasteiger partial charge in [0.25, 0.3) is 0 Å². The summed E-state index contributed by atoms with van der Waals surface area (Å²) in [6.45, 7) is 9.00. The van der Waals surface area contributed by atoms with Crippen LogP contribution in [-0.4, -0.2) is 82.6 Å². The first-order valence-corrected chi connectivity index (χ1v) is 11.1. The molecule has 2 atom stereocenters. The molecule has 166 valence electrons. The predicted molar refractivity (Wildman–Crippen MR) is 113 cm³/mol. The Morgan fingerprint density at radius 3 is 2.25 bits per heavy atom. The number of aliphatic hydroxyl groups is 3. The Morgan fingerprint density at radius 2 is 1.71 bits per heavy atom. The lowest BCUT2D eigenvalue weighted by atomic mass is 9.87. The summed E-state index contributed by atoms with van der Waals surface area (Å²) in [5, 5.41) is 26.2. The van der Waals surface area contributed by atoms with Crippen molar-refractivity contribution >= 4 is 5.91 Å². The molecule has 2 fully saturated rings. The van der Waals surface area contributed by atoms with Crippen LogP contribution in [0.25, 0.3) is 0 Å². The van der Waals surface area contributed by atoms with Gasteiger partial charge in [0.1, 0.15) is 0 Å². The van der Waals surface area contributed by atoms with Crippen molar-refractivity contribution in [3.63, 3.8) is 0 Å². The van der Waals surface area contributed by atoms with Gasteiger partial charge in [-0.05, 0) is 51.5 Å². The van der Waals surface area contributed by atoms with Gasteiger partial charge < -0.3 is 20.2 Å². The quantitative estimate of drug-likeness (QED) is 0.518. The number of nitrogens with zero attached hydrogens (tertiary/aromatic N) is 2. The zero-order valence-electron chi connectivity index (χ0n) is 18.6. The summed E-state index contributed by atoms with van der Waals surface area (Å²) in [7, 11) is 1.00. The largest absolute Gasteiger partial charge is 0.400 e. The molecule has 0 spiro atoms. The van der Waals surface area contributed by atoms with Crippen LogP contribution in [-0.2, 0) is 4.79 Å². The molecule has 1 aliphatic carbocycles. The highest BCUT2D eigenvalue weighted by atomic mass is 16.3. The van der Waals surface area contributed by atoms with Gasteiger partial charge in [0.05, 0.1) is 12.7 Å². The summed E-state index contributed by atoms with van der Waals surface area (Å²) >= 11 is 0. The van der Waals surface area contributed by atoms with Crippen molar-refractivity contribution in [1.29, 1.82) is 0 Å². The van der Waals surface area contributed by atoms with Crippen LogP contribution in [0.3, 0.4) is 0 Å². The van der Waals surface area contributed by atoms with Crippen LogP contribution in [0.15, 0.2) is 0 Å². The van der Waals surface area contributed by atoms with E-state index in [2.05, 4.69) is 9.80 Å². The molecule has 0 bridgehead atoms. The minimum Gasteiger partial charge on any atom is -0.400 e. The Hall–Kier alpha value is -0.690. The van der Waals surface area contributed by atoms with E-state index in [1.807, 2.05) is 20.8 Å². The van der Waals surface area contributed by atoms with E-state index < -0.39 is 0 Å². The molecule has 6 nitrogen and oxygen atoms in total. The number of piperidine rings is 1. The first-order valence-electron chi connectivity index (χ1n) is 11.1. The second-order valence-electron chi connectivity index (χ2n) is 9.30. The Balaban J connectivity index is 0.00000190. The summed E-state index contributed by atoms with van der Waals surface area (Å²) in [6.07, 6.45) is 9.40. The zero-order chi connectivity index (χ0) is 21.2. The summed E-state index contributed by atoms with van der Waals surface area (Å²) in [4.78, 5) is 17.2. The standard InChI is InChI=1S/C21H40N2O3.CH4O/c1-21(2,3)20(26)23(17-9-8-10-17)13-7-5-4-6-12-22-14-11-19(25)15-18(22)16-24;1-2/h17-19,24-25H,4-16H2,1-3H3;2H,1H3. The molecule has 1 saturated carbocycles. The number of hydrogen-bond donors (Lipinski definition) is 3. The normalized spacial score (nSPS) is 23.5. The minimum absolute atomic E-state index is 0.122. The molecule has 2 unspecified atom stereocenters. The van der Waals surface area contributed by atoms with Crippen LogP contribution in [0.5, 0.6) is 0 Å². The van der Waals surface area contributed by atoms with Gasteiger partial charge in [-0.25, -0.2) is 0 Å². The average Bonchev–Trinajstić information content (AvgIpc) is 2.63. The van der Waals surface area contributed by atoms with Crippen LogP contribution in [0, 0.1) is 5.41 Å². The number of aliphatic hydroxyl groups excluding tert-OH is 3. The van der Waals surface area contributed by atoms with Crippen LogP contribution in [0.1, 0.15) is 78.6 Å². The third-order valence-corrected chi connectivity index (χ3v) is 6.03. The van der Waals surface area contributed by atoms with E-state index in [9.17, 15) is 15.0 Å². The number of unbranched alkanes of at least 4 members (excludes halogenated alkanes) is 3. The fourth-order valence-corrected chi connectivity index (χ4v) is 4.09. The SMILES string of the molecule is CC(C)(C)C(=O)N(CCCCCCN1CCC(O)CC1CO)C1CCC1.CO. The summed E-state index contributed by atoms with van der Waals surface area (Å²) in [5.41, 5.74) is -0.284. The Labute approximate surface area is 171 Å². The van der Waals surface area contributed by atoms with E-state index in [-0.39, 0.29) is 24.2 Å². The monoisotopic (exact) mass is 400 g/mol. The Bertz CT molecular complexity index is 435. The van der Waals surface area contributed by atoms with Gasteiger partial charge in [-0.15, -0.1) is 0 Å². The fraction of sp³-hybridized carbons (Fsp3) is 0.955. The van der Waals surface area contributed by atoms with Gasteiger partial charge in [-0.1, -0.05) is 33.6 Å². The van der Waals surface area contributed by atoms with Crippen molar-refractivity contribution in [3.05, 3.63) is 0 Å². The lowest BCUT2D eigenvalue weighted by Gasteiger charge is -2.41. The van der Waals surface area contributed by atoms with Crippen molar-refractivity contribution in [3.8, 4) is 0 Å². The van der Waals surface area contributed by atoms with Crippen molar-refractivity contribution < 1.29 is 20.1 Å². The number of hydrogen-bond acceptors (Lipinski definition) is 5. The van der Waals surface area contributed by atoms with E-state index in [0.29, 0.717) is 18.4 Å². The molecule has 2 rings (SSSR count). The van der Waals surface area contributed by atoms with Crippen molar-refractivity contribution in [2.75, 3.05) is 33.4 Å². The van der Waals surface area contributed by atoms with Gasteiger partial charge in [0, 0.05) is 37.7 Å². The molecule has 1 heterocycles. The molecule has 1 saturated heterocycles. The van der Waals surface area contributed by atoms with Crippen LogP contribution in [0.4, 0.5) is 0 Å². The zero-order valence-corrected chi connectivity index (χ0v) is 18.6. The molecular weight excluding hydrogens is 356 g/mol. The molecule has 0 aromatic rings. The van der Waals surface area contributed by atoms with Gasteiger partial charge in [0.15, 0.2) is 0 Å². The van der Waals surface area contributed by atoms with Gasteiger partial charge >= 0.3 is 0 Å².